The van der Waals surface area contributed by atoms with Crippen LogP contribution in [0.2, 0.25) is 0 Å². The average molecular weight is 249 g/mol. The molecule has 1 atom stereocenters. The molecule has 1 heterocycles. The Hall–Kier alpha value is -1.22. The van der Waals surface area contributed by atoms with Crippen molar-refractivity contribution in [2.24, 2.45) is 0 Å². The molecular weight excluding hydrogens is 226 g/mol. The standard InChI is InChI=1S/C15H23NO2/c1-10(2)16-6-5-12-8-15-13(7-11(3)18-15)9-14(12)17-4/h8-11,16H,5-7H2,1-4H3. The van der Waals surface area contributed by atoms with Gasteiger partial charge in [0.15, 0.2) is 0 Å². The van der Waals surface area contributed by atoms with Gasteiger partial charge >= 0.3 is 0 Å². The highest BCUT2D eigenvalue weighted by molar-refractivity contribution is 5.48. The van der Waals surface area contributed by atoms with Gasteiger partial charge in [-0.05, 0) is 37.6 Å². The van der Waals surface area contributed by atoms with E-state index in [1.54, 1.807) is 7.11 Å². The molecule has 1 aromatic rings. The third-order valence-corrected chi connectivity index (χ3v) is 3.25. The van der Waals surface area contributed by atoms with Gasteiger partial charge < -0.3 is 14.8 Å². The number of fused-ring (bicyclic) bond motifs is 1. The number of hydrogen-bond acceptors (Lipinski definition) is 3. The van der Waals surface area contributed by atoms with Crippen LogP contribution in [0.1, 0.15) is 31.9 Å². The molecule has 0 radical (unpaired) electrons. The van der Waals surface area contributed by atoms with E-state index in [4.69, 9.17) is 9.47 Å². The van der Waals surface area contributed by atoms with Crippen molar-refractivity contribution in [1.82, 2.24) is 5.32 Å². The molecule has 0 saturated carbocycles. The lowest BCUT2D eigenvalue weighted by Gasteiger charge is -2.12. The lowest BCUT2D eigenvalue weighted by molar-refractivity contribution is 0.254. The smallest absolute Gasteiger partial charge is 0.123 e. The number of methoxy groups -OCH3 is 1. The lowest BCUT2D eigenvalue weighted by Crippen LogP contribution is -2.25. The summed E-state index contributed by atoms with van der Waals surface area (Å²) in [6.45, 7) is 7.38. The first-order chi connectivity index (χ1) is 8.60. The summed E-state index contributed by atoms with van der Waals surface area (Å²) < 4.78 is 11.3. The predicted molar refractivity (Wildman–Crippen MR) is 73.6 cm³/mol. The molecule has 1 aromatic carbocycles. The Labute approximate surface area is 109 Å². The highest BCUT2D eigenvalue weighted by Crippen LogP contribution is 2.35. The van der Waals surface area contributed by atoms with Crippen LogP contribution in [0.5, 0.6) is 11.5 Å². The van der Waals surface area contributed by atoms with Gasteiger partial charge in [-0.15, -0.1) is 0 Å². The third-order valence-electron chi connectivity index (χ3n) is 3.25. The Morgan fingerprint density at radius 1 is 1.44 bits per heavy atom. The summed E-state index contributed by atoms with van der Waals surface area (Å²) in [7, 11) is 1.74. The fraction of sp³-hybridized carbons (Fsp3) is 0.600. The molecule has 0 bridgehead atoms. The fourth-order valence-corrected chi connectivity index (χ4v) is 2.36. The number of benzene rings is 1. The normalized spacial score (nSPS) is 17.7. The Morgan fingerprint density at radius 3 is 2.89 bits per heavy atom. The predicted octanol–water partition coefficient (Wildman–Crippen LogP) is 2.56. The van der Waals surface area contributed by atoms with Crippen LogP contribution in [0, 0.1) is 0 Å². The summed E-state index contributed by atoms with van der Waals surface area (Å²) in [6.07, 6.45) is 2.23. The number of nitrogens with one attached hydrogen (secondary N) is 1. The summed E-state index contributed by atoms with van der Waals surface area (Å²) in [4.78, 5) is 0. The first-order valence-electron chi connectivity index (χ1n) is 6.70. The van der Waals surface area contributed by atoms with Gasteiger partial charge in [0.05, 0.1) is 7.11 Å². The van der Waals surface area contributed by atoms with Gasteiger partial charge in [-0.1, -0.05) is 13.8 Å². The molecule has 1 aliphatic heterocycles. The largest absolute Gasteiger partial charge is 0.496 e. The van der Waals surface area contributed by atoms with Crippen molar-refractivity contribution in [2.45, 2.75) is 45.8 Å². The third kappa shape index (κ3) is 2.96. The van der Waals surface area contributed by atoms with Crippen molar-refractivity contribution in [3.63, 3.8) is 0 Å². The maximum atomic E-state index is 5.80. The zero-order valence-electron chi connectivity index (χ0n) is 11.7. The second kappa shape index (κ2) is 5.61. The van der Waals surface area contributed by atoms with E-state index in [-0.39, 0.29) is 6.10 Å². The van der Waals surface area contributed by atoms with Gasteiger partial charge in [-0.2, -0.15) is 0 Å². The summed E-state index contributed by atoms with van der Waals surface area (Å²) in [5.41, 5.74) is 2.48. The lowest BCUT2D eigenvalue weighted by atomic mass is 10.0. The first-order valence-corrected chi connectivity index (χ1v) is 6.70. The molecule has 0 aromatic heterocycles. The van der Waals surface area contributed by atoms with Gasteiger partial charge in [-0.25, -0.2) is 0 Å². The van der Waals surface area contributed by atoms with Crippen molar-refractivity contribution in [1.29, 1.82) is 0 Å². The molecule has 18 heavy (non-hydrogen) atoms. The second-order valence-corrected chi connectivity index (χ2v) is 5.26. The van der Waals surface area contributed by atoms with Gasteiger partial charge in [0.1, 0.15) is 17.6 Å². The monoisotopic (exact) mass is 249 g/mol. The van der Waals surface area contributed by atoms with E-state index in [0.29, 0.717) is 6.04 Å². The molecule has 2 rings (SSSR count). The summed E-state index contributed by atoms with van der Waals surface area (Å²) in [6, 6.07) is 4.78. The van der Waals surface area contributed by atoms with Gasteiger partial charge in [0.25, 0.3) is 0 Å². The number of rotatable bonds is 5. The van der Waals surface area contributed by atoms with E-state index >= 15 is 0 Å². The summed E-state index contributed by atoms with van der Waals surface area (Å²) in [5, 5.41) is 3.43. The number of hydrogen-bond donors (Lipinski definition) is 1. The summed E-state index contributed by atoms with van der Waals surface area (Å²) in [5.74, 6) is 2.01. The molecule has 0 saturated heterocycles. The van der Waals surface area contributed by atoms with E-state index in [0.717, 1.165) is 30.9 Å². The summed E-state index contributed by atoms with van der Waals surface area (Å²) >= 11 is 0. The van der Waals surface area contributed by atoms with Crippen LogP contribution in [-0.4, -0.2) is 25.8 Å². The van der Waals surface area contributed by atoms with Crippen LogP contribution in [0.25, 0.3) is 0 Å². The molecule has 1 N–H and O–H groups in total. The van der Waals surface area contributed by atoms with Crippen molar-refractivity contribution in [3.8, 4) is 11.5 Å². The molecule has 1 unspecified atom stereocenters. The quantitative estimate of drug-likeness (QED) is 0.870. The maximum absolute atomic E-state index is 5.80. The Balaban J connectivity index is 2.12. The molecule has 3 heteroatoms. The van der Waals surface area contributed by atoms with Crippen LogP contribution in [0.3, 0.4) is 0 Å². The molecule has 0 fully saturated rings. The maximum Gasteiger partial charge on any atom is 0.123 e. The Bertz CT molecular complexity index is 415. The molecule has 0 spiro atoms. The van der Waals surface area contributed by atoms with Crippen molar-refractivity contribution < 1.29 is 9.47 Å². The molecule has 0 amide bonds. The first kappa shape index (κ1) is 13.2. The van der Waals surface area contributed by atoms with E-state index in [9.17, 15) is 0 Å². The highest BCUT2D eigenvalue weighted by Gasteiger charge is 2.21. The van der Waals surface area contributed by atoms with E-state index in [1.165, 1.54) is 11.1 Å². The van der Waals surface area contributed by atoms with E-state index < -0.39 is 0 Å². The van der Waals surface area contributed by atoms with Crippen molar-refractivity contribution >= 4 is 0 Å². The van der Waals surface area contributed by atoms with E-state index in [2.05, 4.69) is 38.2 Å². The number of ether oxygens (including phenoxy) is 2. The van der Waals surface area contributed by atoms with Gasteiger partial charge in [0.2, 0.25) is 0 Å². The van der Waals surface area contributed by atoms with Crippen LogP contribution < -0.4 is 14.8 Å². The molecule has 1 aliphatic rings. The average Bonchev–Trinajstić information content (AvgIpc) is 2.66. The zero-order chi connectivity index (χ0) is 13.1. The highest BCUT2D eigenvalue weighted by atomic mass is 16.5. The minimum absolute atomic E-state index is 0.286. The molecular formula is C15H23NO2. The zero-order valence-corrected chi connectivity index (χ0v) is 11.7. The fourth-order valence-electron chi connectivity index (χ4n) is 2.36. The molecule has 3 nitrogen and oxygen atoms in total. The van der Waals surface area contributed by atoms with Crippen LogP contribution in [0.15, 0.2) is 12.1 Å². The van der Waals surface area contributed by atoms with Crippen LogP contribution in [-0.2, 0) is 12.8 Å². The van der Waals surface area contributed by atoms with Gasteiger partial charge in [-0.3, -0.25) is 0 Å². The second-order valence-electron chi connectivity index (χ2n) is 5.26. The SMILES string of the molecule is COc1cc2c(cc1CCNC(C)C)OC(C)C2. The minimum atomic E-state index is 0.286. The Kier molecular flexibility index (Phi) is 4.12. The van der Waals surface area contributed by atoms with Crippen LogP contribution in [0.4, 0.5) is 0 Å². The Morgan fingerprint density at radius 2 is 2.22 bits per heavy atom. The van der Waals surface area contributed by atoms with Crippen molar-refractivity contribution in [3.05, 3.63) is 23.3 Å². The topological polar surface area (TPSA) is 30.5 Å². The minimum Gasteiger partial charge on any atom is -0.496 e. The molecule has 100 valence electrons. The van der Waals surface area contributed by atoms with Crippen LogP contribution >= 0.6 is 0 Å². The molecule has 0 aliphatic carbocycles. The van der Waals surface area contributed by atoms with E-state index in [1.807, 2.05) is 0 Å². The van der Waals surface area contributed by atoms with Crippen molar-refractivity contribution in [2.75, 3.05) is 13.7 Å². The van der Waals surface area contributed by atoms with Gasteiger partial charge in [0, 0.05) is 18.0 Å².